The van der Waals surface area contributed by atoms with Crippen LogP contribution in [0.3, 0.4) is 0 Å². The summed E-state index contributed by atoms with van der Waals surface area (Å²) in [4.78, 5) is 0. The van der Waals surface area contributed by atoms with Crippen LogP contribution in [0, 0.1) is 11.3 Å². The normalized spacial score (nSPS) is 14.1. The van der Waals surface area contributed by atoms with Crippen LogP contribution >= 0.6 is 11.9 Å². The van der Waals surface area contributed by atoms with Gasteiger partial charge in [0.1, 0.15) is 5.75 Å². The minimum atomic E-state index is 0.673. The topological polar surface area (TPSA) is 45.0 Å². The average Bonchev–Trinajstić information content (AvgIpc) is 3.26. The number of ether oxygens (including phenoxy) is 1. The SMILES string of the molecule is N#Cc1ccc(OCCCCCNSC2CC2)cc1. The zero-order valence-electron chi connectivity index (χ0n) is 11.1. The minimum Gasteiger partial charge on any atom is -0.494 e. The molecule has 1 aromatic rings. The lowest BCUT2D eigenvalue weighted by Crippen LogP contribution is -2.07. The number of rotatable bonds is 9. The first-order valence-corrected chi connectivity index (χ1v) is 7.78. The Morgan fingerprint density at radius 2 is 2.00 bits per heavy atom. The monoisotopic (exact) mass is 276 g/mol. The summed E-state index contributed by atoms with van der Waals surface area (Å²) in [5.74, 6) is 0.849. The Bertz CT molecular complexity index is 409. The van der Waals surface area contributed by atoms with Crippen LogP contribution in [0.4, 0.5) is 0 Å². The second-order valence-electron chi connectivity index (χ2n) is 4.76. The number of unbranched alkanes of at least 4 members (excludes halogenated alkanes) is 2. The molecule has 0 atom stereocenters. The molecule has 3 nitrogen and oxygen atoms in total. The van der Waals surface area contributed by atoms with Gasteiger partial charge in [0, 0.05) is 11.8 Å². The summed E-state index contributed by atoms with van der Waals surface area (Å²) in [6.07, 6.45) is 6.24. The second-order valence-corrected chi connectivity index (χ2v) is 5.95. The van der Waals surface area contributed by atoms with Gasteiger partial charge in [0.2, 0.25) is 0 Å². The molecule has 0 heterocycles. The van der Waals surface area contributed by atoms with Crippen molar-refractivity contribution in [3.05, 3.63) is 29.8 Å². The van der Waals surface area contributed by atoms with Crippen LogP contribution in [-0.2, 0) is 0 Å². The van der Waals surface area contributed by atoms with Gasteiger partial charge >= 0.3 is 0 Å². The lowest BCUT2D eigenvalue weighted by molar-refractivity contribution is 0.305. The molecule has 0 aromatic heterocycles. The smallest absolute Gasteiger partial charge is 0.119 e. The first-order valence-electron chi connectivity index (χ1n) is 6.90. The molecule has 4 heteroatoms. The largest absolute Gasteiger partial charge is 0.494 e. The number of nitrogens with zero attached hydrogens (tertiary/aromatic N) is 1. The van der Waals surface area contributed by atoms with Gasteiger partial charge in [-0.2, -0.15) is 5.26 Å². The van der Waals surface area contributed by atoms with Crippen molar-refractivity contribution in [2.75, 3.05) is 13.2 Å². The van der Waals surface area contributed by atoms with Crippen molar-refractivity contribution in [1.29, 1.82) is 5.26 Å². The van der Waals surface area contributed by atoms with Gasteiger partial charge in [0.25, 0.3) is 0 Å². The maximum atomic E-state index is 8.69. The van der Waals surface area contributed by atoms with Crippen molar-refractivity contribution >= 4 is 11.9 Å². The number of hydrogen-bond acceptors (Lipinski definition) is 4. The fourth-order valence-electron chi connectivity index (χ4n) is 1.65. The van der Waals surface area contributed by atoms with Crippen LogP contribution in [0.5, 0.6) is 5.75 Å². The zero-order valence-corrected chi connectivity index (χ0v) is 11.9. The van der Waals surface area contributed by atoms with E-state index in [9.17, 15) is 0 Å². The molecule has 1 saturated carbocycles. The first kappa shape index (κ1) is 14.2. The van der Waals surface area contributed by atoms with E-state index in [4.69, 9.17) is 10.00 Å². The lowest BCUT2D eigenvalue weighted by atomic mass is 10.2. The van der Waals surface area contributed by atoms with Crippen LogP contribution in [0.15, 0.2) is 24.3 Å². The number of nitrogens with one attached hydrogen (secondary N) is 1. The van der Waals surface area contributed by atoms with E-state index in [0.29, 0.717) is 5.56 Å². The standard InChI is InChI=1S/C15H20N2OS/c16-12-13-4-6-14(7-5-13)18-11-3-1-2-10-17-19-15-8-9-15/h4-7,15,17H,1-3,8-11H2. The summed E-state index contributed by atoms with van der Waals surface area (Å²) in [6.45, 7) is 1.85. The van der Waals surface area contributed by atoms with Gasteiger partial charge in [-0.3, -0.25) is 4.72 Å². The third-order valence-corrected chi connectivity index (χ3v) is 4.13. The summed E-state index contributed by atoms with van der Waals surface area (Å²) in [5, 5.41) is 9.57. The number of benzene rings is 1. The first-order chi connectivity index (χ1) is 9.38. The van der Waals surface area contributed by atoms with E-state index in [2.05, 4.69) is 10.8 Å². The van der Waals surface area contributed by atoms with Crippen molar-refractivity contribution in [2.24, 2.45) is 0 Å². The molecule has 19 heavy (non-hydrogen) atoms. The molecule has 1 fully saturated rings. The molecule has 0 unspecified atom stereocenters. The van der Waals surface area contributed by atoms with Crippen molar-refractivity contribution in [3.63, 3.8) is 0 Å². The molecule has 0 bridgehead atoms. The second kappa shape index (κ2) is 8.08. The van der Waals surface area contributed by atoms with E-state index in [0.717, 1.165) is 30.6 Å². The quantitative estimate of drug-likeness (QED) is 0.554. The highest BCUT2D eigenvalue weighted by molar-refractivity contribution is 7.98. The molecule has 102 valence electrons. The highest BCUT2D eigenvalue weighted by Gasteiger charge is 2.21. The van der Waals surface area contributed by atoms with Gasteiger partial charge in [-0.05, 0) is 56.4 Å². The Balaban J connectivity index is 1.45. The third kappa shape index (κ3) is 6.00. The fourth-order valence-corrected chi connectivity index (χ4v) is 2.52. The Morgan fingerprint density at radius 1 is 1.21 bits per heavy atom. The maximum absolute atomic E-state index is 8.69. The summed E-state index contributed by atoms with van der Waals surface area (Å²) >= 11 is 1.90. The Kier molecular flexibility index (Phi) is 6.06. The molecule has 1 aliphatic rings. The van der Waals surface area contributed by atoms with Gasteiger partial charge in [0.05, 0.1) is 18.2 Å². The van der Waals surface area contributed by atoms with Crippen molar-refractivity contribution < 1.29 is 4.74 Å². The van der Waals surface area contributed by atoms with Crippen LogP contribution < -0.4 is 9.46 Å². The Hall–Kier alpha value is -1.18. The Labute approximate surface area is 119 Å². The van der Waals surface area contributed by atoms with Gasteiger partial charge in [-0.25, -0.2) is 0 Å². The number of nitriles is 1. The van der Waals surface area contributed by atoms with Gasteiger partial charge in [-0.1, -0.05) is 11.9 Å². The summed E-state index contributed by atoms with van der Waals surface area (Å²) < 4.78 is 9.04. The summed E-state index contributed by atoms with van der Waals surface area (Å²) in [7, 11) is 0. The number of hydrogen-bond donors (Lipinski definition) is 1. The third-order valence-electron chi connectivity index (χ3n) is 2.95. The summed E-state index contributed by atoms with van der Waals surface area (Å²) in [6, 6.07) is 9.38. The molecular formula is C15H20N2OS. The molecule has 0 radical (unpaired) electrons. The van der Waals surface area contributed by atoms with Crippen LogP contribution in [0.25, 0.3) is 0 Å². The van der Waals surface area contributed by atoms with E-state index in [1.165, 1.54) is 25.7 Å². The van der Waals surface area contributed by atoms with Crippen LogP contribution in [0.1, 0.15) is 37.7 Å². The van der Waals surface area contributed by atoms with Crippen LogP contribution in [0.2, 0.25) is 0 Å². The van der Waals surface area contributed by atoms with Gasteiger partial charge < -0.3 is 4.74 Å². The van der Waals surface area contributed by atoms with E-state index < -0.39 is 0 Å². The zero-order chi connectivity index (χ0) is 13.3. The van der Waals surface area contributed by atoms with E-state index in [1.807, 2.05) is 24.1 Å². The highest BCUT2D eigenvalue weighted by atomic mass is 32.2. The van der Waals surface area contributed by atoms with Crippen molar-refractivity contribution in [2.45, 2.75) is 37.4 Å². The molecular weight excluding hydrogens is 256 g/mol. The molecule has 0 aliphatic heterocycles. The summed E-state index contributed by atoms with van der Waals surface area (Å²) in [5.41, 5.74) is 0.673. The maximum Gasteiger partial charge on any atom is 0.119 e. The molecule has 0 saturated heterocycles. The molecule has 0 spiro atoms. The van der Waals surface area contributed by atoms with Crippen molar-refractivity contribution in [3.8, 4) is 11.8 Å². The highest BCUT2D eigenvalue weighted by Crippen LogP contribution is 2.31. The molecule has 1 N–H and O–H groups in total. The molecule has 1 aromatic carbocycles. The van der Waals surface area contributed by atoms with E-state index in [1.54, 1.807) is 12.1 Å². The lowest BCUT2D eigenvalue weighted by Gasteiger charge is -2.06. The van der Waals surface area contributed by atoms with Gasteiger partial charge in [-0.15, -0.1) is 0 Å². The predicted molar refractivity (Wildman–Crippen MR) is 79.1 cm³/mol. The fraction of sp³-hybridized carbons (Fsp3) is 0.533. The molecule has 1 aliphatic carbocycles. The molecule has 2 rings (SSSR count). The van der Waals surface area contributed by atoms with Crippen molar-refractivity contribution in [1.82, 2.24) is 4.72 Å². The van der Waals surface area contributed by atoms with Gasteiger partial charge in [0.15, 0.2) is 0 Å². The predicted octanol–water partition coefficient (Wildman–Crippen LogP) is 3.51. The van der Waals surface area contributed by atoms with Crippen LogP contribution in [-0.4, -0.2) is 18.4 Å². The van der Waals surface area contributed by atoms with E-state index >= 15 is 0 Å². The van der Waals surface area contributed by atoms with E-state index in [-0.39, 0.29) is 0 Å². The Morgan fingerprint density at radius 3 is 2.68 bits per heavy atom. The minimum absolute atomic E-state index is 0.673. The average molecular weight is 276 g/mol. The molecule has 0 amide bonds.